The molecule has 20 heavy (non-hydrogen) atoms. The van der Waals surface area contributed by atoms with Crippen LogP contribution in [0.5, 0.6) is 5.75 Å². The van der Waals surface area contributed by atoms with Gasteiger partial charge in [-0.25, -0.2) is 13.6 Å². The average Bonchev–Trinajstić information content (AvgIpc) is 2.37. The Bertz CT molecular complexity index is 658. The number of carboxylic acid groups (broad SMARTS) is 1. The minimum absolute atomic E-state index is 0.00940. The van der Waals surface area contributed by atoms with Gasteiger partial charge in [-0.05, 0) is 13.0 Å². The normalized spacial score (nSPS) is 10.4. The van der Waals surface area contributed by atoms with Gasteiger partial charge in [0.15, 0.2) is 0 Å². The fourth-order valence-electron chi connectivity index (χ4n) is 1.98. The first-order valence-electron chi connectivity index (χ1n) is 5.81. The smallest absolute Gasteiger partial charge is 0.336 e. The Morgan fingerprint density at radius 1 is 1.15 bits per heavy atom. The third-order valence-corrected chi connectivity index (χ3v) is 2.93. The summed E-state index contributed by atoms with van der Waals surface area (Å²) in [6.45, 7) is 1.72. The summed E-state index contributed by atoms with van der Waals surface area (Å²) in [4.78, 5) is 11.2. The maximum atomic E-state index is 14.0. The lowest BCUT2D eigenvalue weighted by Crippen LogP contribution is -2.03. The molecule has 0 radical (unpaired) electrons. The van der Waals surface area contributed by atoms with E-state index in [4.69, 9.17) is 9.84 Å². The Labute approximate surface area is 114 Å². The van der Waals surface area contributed by atoms with Crippen LogP contribution in [0.25, 0.3) is 11.1 Å². The van der Waals surface area contributed by atoms with E-state index < -0.39 is 17.6 Å². The van der Waals surface area contributed by atoms with Crippen LogP contribution in [0.2, 0.25) is 0 Å². The average molecular weight is 278 g/mol. The highest BCUT2D eigenvalue weighted by atomic mass is 19.1. The molecule has 0 saturated heterocycles. The molecule has 104 valence electrons. The molecule has 2 rings (SSSR count). The molecule has 0 bridgehead atoms. The molecule has 0 atom stereocenters. The largest absolute Gasteiger partial charge is 0.497 e. The Balaban J connectivity index is 2.74. The summed E-state index contributed by atoms with van der Waals surface area (Å²) in [5.41, 5.74) is 0.195. The van der Waals surface area contributed by atoms with Crippen molar-refractivity contribution < 1.29 is 23.4 Å². The molecule has 0 aliphatic carbocycles. The summed E-state index contributed by atoms with van der Waals surface area (Å²) in [5, 5.41) is 9.13. The van der Waals surface area contributed by atoms with Gasteiger partial charge < -0.3 is 9.84 Å². The number of halogens is 2. The second-order valence-electron chi connectivity index (χ2n) is 4.32. The van der Waals surface area contributed by atoms with E-state index in [-0.39, 0.29) is 22.4 Å². The maximum absolute atomic E-state index is 14.0. The van der Waals surface area contributed by atoms with Crippen LogP contribution < -0.4 is 4.74 Å². The predicted molar refractivity (Wildman–Crippen MR) is 70.0 cm³/mol. The van der Waals surface area contributed by atoms with Gasteiger partial charge in [0.25, 0.3) is 0 Å². The van der Waals surface area contributed by atoms with Crippen molar-refractivity contribution in [1.82, 2.24) is 0 Å². The number of benzene rings is 2. The Hall–Kier alpha value is -2.43. The number of carbonyl (C=O) groups is 1. The van der Waals surface area contributed by atoms with Crippen molar-refractivity contribution in [3.05, 3.63) is 53.1 Å². The molecule has 0 aliphatic rings. The molecule has 0 heterocycles. The summed E-state index contributed by atoms with van der Waals surface area (Å²) in [6.07, 6.45) is 0. The van der Waals surface area contributed by atoms with Crippen LogP contribution in [0.4, 0.5) is 8.78 Å². The topological polar surface area (TPSA) is 46.5 Å². The number of ether oxygens (including phenoxy) is 1. The van der Waals surface area contributed by atoms with Gasteiger partial charge in [0, 0.05) is 17.7 Å². The van der Waals surface area contributed by atoms with Gasteiger partial charge in [0.1, 0.15) is 17.4 Å². The highest BCUT2D eigenvalue weighted by Gasteiger charge is 2.19. The van der Waals surface area contributed by atoms with Gasteiger partial charge in [-0.1, -0.05) is 17.7 Å². The molecule has 2 aromatic rings. The van der Waals surface area contributed by atoms with Crippen molar-refractivity contribution in [1.29, 1.82) is 0 Å². The molecule has 0 aromatic heterocycles. The number of hydrogen-bond acceptors (Lipinski definition) is 2. The highest BCUT2D eigenvalue weighted by Crippen LogP contribution is 2.32. The van der Waals surface area contributed by atoms with Crippen molar-refractivity contribution in [2.45, 2.75) is 6.92 Å². The van der Waals surface area contributed by atoms with Gasteiger partial charge in [0.05, 0.1) is 18.2 Å². The second kappa shape index (κ2) is 5.28. The van der Waals surface area contributed by atoms with Gasteiger partial charge in [-0.15, -0.1) is 0 Å². The molecule has 0 unspecified atom stereocenters. The minimum Gasteiger partial charge on any atom is -0.497 e. The first-order valence-corrected chi connectivity index (χ1v) is 5.81. The molecule has 3 nitrogen and oxygen atoms in total. The Morgan fingerprint density at radius 2 is 1.75 bits per heavy atom. The van der Waals surface area contributed by atoms with E-state index in [1.54, 1.807) is 13.0 Å². The van der Waals surface area contributed by atoms with Crippen molar-refractivity contribution in [2.75, 3.05) is 7.11 Å². The van der Waals surface area contributed by atoms with Crippen LogP contribution in [0.15, 0.2) is 30.3 Å². The summed E-state index contributed by atoms with van der Waals surface area (Å²) >= 11 is 0. The predicted octanol–water partition coefficient (Wildman–Crippen LogP) is 3.65. The minimum atomic E-state index is -1.24. The summed E-state index contributed by atoms with van der Waals surface area (Å²) in [7, 11) is 1.29. The molecule has 0 amide bonds. The molecule has 0 spiro atoms. The van der Waals surface area contributed by atoms with Gasteiger partial charge in [0.2, 0.25) is 0 Å². The van der Waals surface area contributed by atoms with E-state index >= 15 is 0 Å². The number of carboxylic acids is 1. The van der Waals surface area contributed by atoms with E-state index in [0.717, 1.165) is 12.1 Å². The first-order chi connectivity index (χ1) is 9.43. The number of methoxy groups -OCH3 is 1. The summed E-state index contributed by atoms with van der Waals surface area (Å²) in [6, 6.07) is 6.39. The van der Waals surface area contributed by atoms with E-state index in [1.165, 1.54) is 19.2 Å². The molecular weight excluding hydrogens is 266 g/mol. The maximum Gasteiger partial charge on any atom is 0.336 e. The molecule has 0 aliphatic heterocycles. The molecule has 2 aromatic carbocycles. The molecular formula is C15H12F2O3. The fourth-order valence-corrected chi connectivity index (χ4v) is 1.98. The van der Waals surface area contributed by atoms with Crippen LogP contribution in [0, 0.1) is 18.6 Å². The monoisotopic (exact) mass is 278 g/mol. The van der Waals surface area contributed by atoms with Crippen LogP contribution in [-0.4, -0.2) is 18.2 Å². The van der Waals surface area contributed by atoms with Crippen molar-refractivity contribution in [2.24, 2.45) is 0 Å². The lowest BCUT2D eigenvalue weighted by Gasteiger charge is -2.11. The second-order valence-corrected chi connectivity index (χ2v) is 4.32. The standard InChI is InChI=1S/C15H12F2O3/c1-8-3-4-10(15(18)19)11(5-8)14-12(16)6-9(20-2)7-13(14)17/h3-7H,1-2H3,(H,18,19). The number of aromatic carboxylic acids is 1. The van der Waals surface area contributed by atoms with Crippen molar-refractivity contribution >= 4 is 5.97 Å². The van der Waals surface area contributed by atoms with Crippen LogP contribution in [0.3, 0.4) is 0 Å². The number of rotatable bonds is 3. The Morgan fingerprint density at radius 3 is 2.25 bits per heavy atom. The van der Waals surface area contributed by atoms with Crippen molar-refractivity contribution in [3.63, 3.8) is 0 Å². The zero-order chi connectivity index (χ0) is 14.9. The van der Waals surface area contributed by atoms with Gasteiger partial charge >= 0.3 is 5.97 Å². The number of hydrogen-bond donors (Lipinski definition) is 1. The SMILES string of the molecule is COc1cc(F)c(-c2cc(C)ccc2C(=O)O)c(F)c1. The third kappa shape index (κ3) is 2.47. The molecule has 5 heteroatoms. The third-order valence-electron chi connectivity index (χ3n) is 2.93. The van der Waals surface area contributed by atoms with Gasteiger partial charge in [-0.3, -0.25) is 0 Å². The van der Waals surface area contributed by atoms with E-state index in [9.17, 15) is 13.6 Å². The summed E-state index contributed by atoms with van der Waals surface area (Å²) < 4.78 is 32.9. The van der Waals surface area contributed by atoms with E-state index in [2.05, 4.69) is 0 Å². The summed E-state index contributed by atoms with van der Waals surface area (Å²) in [5.74, 6) is -2.94. The lowest BCUT2D eigenvalue weighted by atomic mass is 9.96. The first kappa shape index (κ1) is 14.0. The van der Waals surface area contributed by atoms with Crippen molar-refractivity contribution in [3.8, 4) is 16.9 Å². The van der Waals surface area contributed by atoms with Crippen LogP contribution >= 0.6 is 0 Å². The molecule has 0 fully saturated rings. The fraction of sp³-hybridized carbons (Fsp3) is 0.133. The zero-order valence-corrected chi connectivity index (χ0v) is 10.9. The van der Waals surface area contributed by atoms with Crippen LogP contribution in [0.1, 0.15) is 15.9 Å². The van der Waals surface area contributed by atoms with E-state index in [0.29, 0.717) is 5.56 Å². The molecule has 0 saturated carbocycles. The van der Waals surface area contributed by atoms with Gasteiger partial charge in [-0.2, -0.15) is 0 Å². The van der Waals surface area contributed by atoms with E-state index in [1.807, 2.05) is 0 Å². The highest BCUT2D eigenvalue weighted by molar-refractivity contribution is 5.96. The zero-order valence-electron chi connectivity index (χ0n) is 10.9. The number of aryl methyl sites for hydroxylation is 1. The van der Waals surface area contributed by atoms with Crippen LogP contribution in [-0.2, 0) is 0 Å². The Kier molecular flexibility index (Phi) is 3.70. The quantitative estimate of drug-likeness (QED) is 0.932. The molecule has 1 N–H and O–H groups in total. The lowest BCUT2D eigenvalue weighted by molar-refractivity contribution is 0.0697.